The third-order valence-electron chi connectivity index (χ3n) is 4.89. The van der Waals surface area contributed by atoms with E-state index >= 15 is 0 Å². The van der Waals surface area contributed by atoms with Gasteiger partial charge in [0.1, 0.15) is 12.2 Å². The highest BCUT2D eigenvalue weighted by Gasteiger charge is 2.43. The summed E-state index contributed by atoms with van der Waals surface area (Å²) in [6.07, 6.45) is 6.71. The molecule has 5 heteroatoms. The number of rotatable bonds is 7. The van der Waals surface area contributed by atoms with Gasteiger partial charge in [-0.1, -0.05) is 13.8 Å². The topological polar surface area (TPSA) is 52.0 Å². The molecule has 3 rings (SSSR count). The minimum atomic E-state index is 0.171. The maximum absolute atomic E-state index is 5.89. The second-order valence-corrected chi connectivity index (χ2v) is 7.21. The van der Waals surface area contributed by atoms with Gasteiger partial charge in [-0.15, -0.1) is 0 Å². The number of aromatic nitrogens is 3. The summed E-state index contributed by atoms with van der Waals surface area (Å²) < 4.78 is 7.97. The van der Waals surface area contributed by atoms with E-state index in [9.17, 15) is 0 Å². The molecule has 5 nitrogen and oxygen atoms in total. The average molecular weight is 292 g/mol. The van der Waals surface area contributed by atoms with Gasteiger partial charge in [0.05, 0.1) is 6.10 Å². The first-order valence-electron chi connectivity index (χ1n) is 8.31. The molecule has 0 bridgehead atoms. The molecule has 0 spiro atoms. The van der Waals surface area contributed by atoms with Crippen molar-refractivity contribution in [2.24, 2.45) is 11.3 Å². The van der Waals surface area contributed by atoms with Gasteiger partial charge in [-0.05, 0) is 32.1 Å². The van der Waals surface area contributed by atoms with Crippen LogP contribution in [0.2, 0.25) is 0 Å². The van der Waals surface area contributed by atoms with Crippen molar-refractivity contribution in [2.75, 3.05) is 13.2 Å². The fraction of sp³-hybridized carbons (Fsp3) is 0.875. The van der Waals surface area contributed by atoms with Crippen LogP contribution < -0.4 is 5.32 Å². The van der Waals surface area contributed by atoms with Crippen LogP contribution in [0.25, 0.3) is 0 Å². The molecule has 2 aliphatic rings. The molecule has 0 radical (unpaired) electrons. The van der Waals surface area contributed by atoms with E-state index < -0.39 is 0 Å². The highest BCUT2D eigenvalue weighted by molar-refractivity contribution is 5.01. The van der Waals surface area contributed by atoms with Crippen LogP contribution in [0.1, 0.15) is 45.9 Å². The first-order chi connectivity index (χ1) is 10.1. The largest absolute Gasteiger partial charge is 0.378 e. The van der Waals surface area contributed by atoms with Crippen molar-refractivity contribution in [3.8, 4) is 0 Å². The molecule has 1 aliphatic carbocycles. The summed E-state index contributed by atoms with van der Waals surface area (Å²) in [5.74, 6) is 1.70. The van der Waals surface area contributed by atoms with Gasteiger partial charge < -0.3 is 10.1 Å². The van der Waals surface area contributed by atoms with E-state index in [0.29, 0.717) is 5.92 Å². The van der Waals surface area contributed by atoms with E-state index in [2.05, 4.69) is 40.9 Å². The van der Waals surface area contributed by atoms with Gasteiger partial charge in [0, 0.05) is 37.6 Å². The van der Waals surface area contributed by atoms with E-state index in [4.69, 9.17) is 4.74 Å². The fourth-order valence-corrected chi connectivity index (χ4v) is 3.22. The molecule has 1 saturated heterocycles. The van der Waals surface area contributed by atoms with Crippen LogP contribution in [0.4, 0.5) is 0 Å². The Morgan fingerprint density at radius 3 is 2.90 bits per heavy atom. The van der Waals surface area contributed by atoms with Gasteiger partial charge in [-0.2, -0.15) is 5.10 Å². The zero-order valence-corrected chi connectivity index (χ0v) is 13.5. The molecule has 2 fully saturated rings. The van der Waals surface area contributed by atoms with E-state index in [0.717, 1.165) is 44.4 Å². The van der Waals surface area contributed by atoms with Crippen LogP contribution in [-0.2, 0) is 17.7 Å². The van der Waals surface area contributed by atoms with E-state index in [1.54, 1.807) is 6.33 Å². The van der Waals surface area contributed by atoms with Crippen LogP contribution in [0.15, 0.2) is 6.33 Å². The smallest absolute Gasteiger partial charge is 0.138 e. The van der Waals surface area contributed by atoms with Crippen molar-refractivity contribution < 1.29 is 4.74 Å². The average Bonchev–Trinajstić information content (AvgIpc) is 3.08. The highest BCUT2D eigenvalue weighted by Crippen LogP contribution is 2.38. The maximum Gasteiger partial charge on any atom is 0.138 e. The monoisotopic (exact) mass is 292 g/mol. The summed E-state index contributed by atoms with van der Waals surface area (Å²) in [4.78, 5) is 4.52. The Bertz CT molecular complexity index is 469. The molecule has 1 aliphatic heterocycles. The predicted molar refractivity (Wildman–Crippen MR) is 82.1 cm³/mol. The molecule has 2 atom stereocenters. The standard InChI is InChI=1S/C16H28N4O/c1-12(2)9-20-15(18-11-19-20)8-16(6-7-21-13(16)3)10-17-14-4-5-14/h11-14,17H,4-10H2,1-3H3. The molecular weight excluding hydrogens is 264 g/mol. The van der Waals surface area contributed by atoms with Gasteiger partial charge in [0.15, 0.2) is 0 Å². The predicted octanol–water partition coefficient (Wildman–Crippen LogP) is 2.02. The van der Waals surface area contributed by atoms with Crippen molar-refractivity contribution >= 4 is 0 Å². The third kappa shape index (κ3) is 3.46. The van der Waals surface area contributed by atoms with Crippen LogP contribution in [0.5, 0.6) is 0 Å². The number of nitrogens with one attached hydrogen (secondary N) is 1. The van der Waals surface area contributed by atoms with E-state index in [-0.39, 0.29) is 11.5 Å². The van der Waals surface area contributed by atoms with Crippen LogP contribution in [0.3, 0.4) is 0 Å². The minimum Gasteiger partial charge on any atom is -0.378 e. The number of ether oxygens (including phenoxy) is 1. The van der Waals surface area contributed by atoms with Crippen molar-refractivity contribution in [3.63, 3.8) is 0 Å². The lowest BCUT2D eigenvalue weighted by Gasteiger charge is -2.32. The number of nitrogens with zero attached hydrogens (tertiary/aromatic N) is 3. The van der Waals surface area contributed by atoms with Crippen LogP contribution in [-0.4, -0.2) is 40.1 Å². The van der Waals surface area contributed by atoms with Gasteiger partial charge in [-0.25, -0.2) is 9.67 Å². The van der Waals surface area contributed by atoms with Crippen LogP contribution >= 0.6 is 0 Å². The van der Waals surface area contributed by atoms with Crippen molar-refractivity contribution in [3.05, 3.63) is 12.2 Å². The lowest BCUT2D eigenvalue weighted by Crippen LogP contribution is -2.42. The molecule has 1 N–H and O–H groups in total. The third-order valence-corrected chi connectivity index (χ3v) is 4.89. The molecule has 118 valence electrons. The normalized spacial score (nSPS) is 29.4. The molecular formula is C16H28N4O. The summed E-state index contributed by atoms with van der Waals surface area (Å²) in [6, 6.07) is 0.739. The second kappa shape index (κ2) is 6.05. The Labute approximate surface area is 127 Å². The fourth-order valence-electron chi connectivity index (χ4n) is 3.22. The molecule has 21 heavy (non-hydrogen) atoms. The highest BCUT2D eigenvalue weighted by atomic mass is 16.5. The Balaban J connectivity index is 1.73. The van der Waals surface area contributed by atoms with Crippen molar-refractivity contribution in [2.45, 2.75) is 65.1 Å². The Hall–Kier alpha value is -0.940. The second-order valence-electron chi connectivity index (χ2n) is 7.21. The molecule has 1 saturated carbocycles. The summed E-state index contributed by atoms with van der Waals surface area (Å²) in [5, 5.41) is 8.11. The molecule has 1 aromatic rings. The van der Waals surface area contributed by atoms with Crippen molar-refractivity contribution in [1.82, 2.24) is 20.1 Å². The van der Waals surface area contributed by atoms with Crippen LogP contribution in [0, 0.1) is 11.3 Å². The Morgan fingerprint density at radius 2 is 2.29 bits per heavy atom. The molecule has 0 amide bonds. The first-order valence-corrected chi connectivity index (χ1v) is 8.31. The summed E-state index contributed by atoms with van der Waals surface area (Å²) >= 11 is 0. The van der Waals surface area contributed by atoms with Gasteiger partial charge in [0.2, 0.25) is 0 Å². The number of hydrogen-bond acceptors (Lipinski definition) is 4. The Morgan fingerprint density at radius 1 is 1.48 bits per heavy atom. The van der Waals surface area contributed by atoms with E-state index in [1.807, 2.05) is 0 Å². The van der Waals surface area contributed by atoms with Gasteiger partial charge in [0.25, 0.3) is 0 Å². The Kier molecular flexibility index (Phi) is 4.31. The number of hydrogen-bond donors (Lipinski definition) is 1. The van der Waals surface area contributed by atoms with Gasteiger partial charge in [-0.3, -0.25) is 0 Å². The molecule has 0 aromatic carbocycles. The summed E-state index contributed by atoms with van der Waals surface area (Å²) in [7, 11) is 0. The van der Waals surface area contributed by atoms with Gasteiger partial charge >= 0.3 is 0 Å². The lowest BCUT2D eigenvalue weighted by molar-refractivity contribution is 0.0612. The lowest BCUT2D eigenvalue weighted by atomic mass is 9.78. The zero-order valence-electron chi connectivity index (χ0n) is 13.5. The molecule has 1 aromatic heterocycles. The van der Waals surface area contributed by atoms with Crippen molar-refractivity contribution in [1.29, 1.82) is 0 Å². The summed E-state index contributed by atoms with van der Waals surface area (Å²) in [5.41, 5.74) is 0.171. The quantitative estimate of drug-likeness (QED) is 0.835. The van der Waals surface area contributed by atoms with E-state index in [1.165, 1.54) is 12.8 Å². The molecule has 2 unspecified atom stereocenters. The SMILES string of the molecule is CC(C)Cn1ncnc1CC1(CNC2CC2)CCOC1C. The first kappa shape index (κ1) is 15.0. The summed E-state index contributed by atoms with van der Waals surface area (Å²) in [6.45, 7) is 9.50. The molecule has 2 heterocycles. The maximum atomic E-state index is 5.89. The minimum absolute atomic E-state index is 0.171. The zero-order chi connectivity index (χ0) is 14.9.